The number of carbonyl (C=O) groups excluding carboxylic acids is 5. The third kappa shape index (κ3) is 7.86. The van der Waals surface area contributed by atoms with Gasteiger partial charge in [-0.3, -0.25) is 24.0 Å². The number of carboxylic acids is 1. The van der Waals surface area contributed by atoms with Crippen molar-refractivity contribution >= 4 is 46.4 Å². The van der Waals surface area contributed by atoms with Crippen molar-refractivity contribution in [1.29, 1.82) is 0 Å². The highest BCUT2D eigenvalue weighted by atomic mass is 16.4. The highest BCUT2D eigenvalue weighted by Gasteiger charge is 2.39. The van der Waals surface area contributed by atoms with Gasteiger partial charge >= 0.3 is 5.97 Å². The Morgan fingerprint density at radius 3 is 2.20 bits per heavy atom. The number of benzene rings is 1. The monoisotopic (exact) mass is 638 g/mol. The molecule has 0 saturated carbocycles. The first-order chi connectivity index (χ1) is 21.7. The number of H-pyrrole nitrogens is 1. The van der Waals surface area contributed by atoms with Crippen molar-refractivity contribution in [3.63, 3.8) is 0 Å². The molecule has 0 radical (unpaired) electrons. The Balaban J connectivity index is 1.84. The molecule has 13 nitrogen and oxygen atoms in total. The molecule has 1 aromatic heterocycles. The standard InChI is InChI=1S/C33H46N6O7/c1-15(2)11-23-30(42)38-27(17(5)6)31(43)37-24(33(45)46)13-19-14-34-22-12-18(7-8-20(19)22)26(16(3)4)28(32(44)36-23)39-29(41)21-9-10-25(40)35-21/h7-8,12,14-17,21,23-24,26-28,34H,9-11,13H2,1-6H3,(H,35,40)(H,36,44)(H,37,43)(H,38,42)(H,39,41)(H,45,46)/t21-,23-,24-,26+,27-,28-/m0/s1. The van der Waals surface area contributed by atoms with Crippen LogP contribution in [-0.4, -0.2) is 75.8 Å². The fraction of sp³-hybridized carbons (Fsp3) is 0.576. The Bertz CT molecular complexity index is 1500. The van der Waals surface area contributed by atoms with Crippen LogP contribution in [0.1, 0.15) is 77.8 Å². The van der Waals surface area contributed by atoms with Gasteiger partial charge in [0, 0.05) is 35.9 Å². The molecule has 5 rings (SSSR count). The smallest absolute Gasteiger partial charge is 0.326 e. The van der Waals surface area contributed by atoms with Crippen LogP contribution in [0.4, 0.5) is 0 Å². The van der Waals surface area contributed by atoms with Crippen molar-refractivity contribution in [2.75, 3.05) is 0 Å². The van der Waals surface area contributed by atoms with E-state index in [1.807, 2.05) is 45.9 Å². The average Bonchev–Trinajstić information content (AvgIpc) is 3.59. The summed E-state index contributed by atoms with van der Waals surface area (Å²) in [5, 5.41) is 24.5. The van der Waals surface area contributed by atoms with E-state index < -0.39 is 71.6 Å². The van der Waals surface area contributed by atoms with E-state index in [1.165, 1.54) is 0 Å². The molecule has 1 fully saturated rings. The second kappa shape index (κ2) is 14.3. The maximum atomic E-state index is 14.2. The lowest BCUT2D eigenvalue weighted by Gasteiger charge is -2.33. The number of hydrogen-bond acceptors (Lipinski definition) is 6. The Morgan fingerprint density at radius 1 is 0.891 bits per heavy atom. The van der Waals surface area contributed by atoms with Crippen molar-refractivity contribution in [3.8, 4) is 0 Å². The molecule has 3 aliphatic heterocycles. The zero-order chi connectivity index (χ0) is 33.9. The Hall–Kier alpha value is -4.42. The summed E-state index contributed by atoms with van der Waals surface area (Å²) >= 11 is 0. The van der Waals surface area contributed by atoms with E-state index in [1.54, 1.807) is 20.0 Å². The molecule has 6 atom stereocenters. The first-order valence-corrected chi connectivity index (χ1v) is 16.0. The molecule has 0 aliphatic carbocycles. The summed E-state index contributed by atoms with van der Waals surface area (Å²) in [7, 11) is 0. The van der Waals surface area contributed by atoms with Gasteiger partial charge in [-0.25, -0.2) is 4.79 Å². The molecule has 1 saturated heterocycles. The summed E-state index contributed by atoms with van der Waals surface area (Å²) in [6.45, 7) is 11.1. The number of carbonyl (C=O) groups is 6. The number of hydrogen-bond donors (Lipinski definition) is 7. The highest BCUT2D eigenvalue weighted by molar-refractivity contribution is 5.97. The van der Waals surface area contributed by atoms with E-state index in [2.05, 4.69) is 31.6 Å². The van der Waals surface area contributed by atoms with Gasteiger partial charge < -0.3 is 36.7 Å². The third-order valence-corrected chi connectivity index (χ3v) is 8.77. The Labute approximate surface area is 268 Å². The van der Waals surface area contributed by atoms with E-state index in [0.717, 1.165) is 10.9 Å². The molecule has 3 aliphatic rings. The van der Waals surface area contributed by atoms with Gasteiger partial charge in [0.15, 0.2) is 0 Å². The molecule has 4 bridgehead atoms. The fourth-order valence-corrected chi connectivity index (χ4v) is 6.36. The molecule has 13 heteroatoms. The van der Waals surface area contributed by atoms with Gasteiger partial charge in [0.2, 0.25) is 29.5 Å². The van der Waals surface area contributed by atoms with Crippen LogP contribution in [0.3, 0.4) is 0 Å². The number of rotatable bonds is 7. The van der Waals surface area contributed by atoms with Crippen molar-refractivity contribution < 1.29 is 33.9 Å². The predicted octanol–water partition coefficient (Wildman–Crippen LogP) is 1.47. The molecule has 46 heavy (non-hydrogen) atoms. The van der Waals surface area contributed by atoms with E-state index >= 15 is 0 Å². The van der Waals surface area contributed by atoms with Gasteiger partial charge in [-0.1, -0.05) is 53.7 Å². The van der Waals surface area contributed by atoms with E-state index in [0.29, 0.717) is 17.5 Å². The molecular weight excluding hydrogens is 592 g/mol. The first kappa shape index (κ1) is 34.5. The van der Waals surface area contributed by atoms with Crippen molar-refractivity contribution in [2.24, 2.45) is 17.8 Å². The van der Waals surface area contributed by atoms with Gasteiger partial charge in [0.25, 0.3) is 0 Å². The average molecular weight is 639 g/mol. The molecule has 4 heterocycles. The van der Waals surface area contributed by atoms with Crippen LogP contribution in [0.25, 0.3) is 10.9 Å². The second-order valence-corrected chi connectivity index (χ2v) is 13.6. The van der Waals surface area contributed by atoms with Gasteiger partial charge in [0.05, 0.1) is 0 Å². The van der Waals surface area contributed by atoms with Crippen LogP contribution >= 0.6 is 0 Å². The number of aromatic amines is 1. The summed E-state index contributed by atoms with van der Waals surface area (Å²) in [6.07, 6.45) is 2.44. The molecule has 7 N–H and O–H groups in total. The summed E-state index contributed by atoms with van der Waals surface area (Å²) in [5.74, 6) is -4.92. The van der Waals surface area contributed by atoms with Gasteiger partial charge in [-0.2, -0.15) is 0 Å². The van der Waals surface area contributed by atoms with Crippen LogP contribution in [-0.2, 0) is 35.2 Å². The minimum atomic E-state index is -1.26. The van der Waals surface area contributed by atoms with Gasteiger partial charge in [-0.05, 0) is 47.8 Å². The maximum absolute atomic E-state index is 14.2. The molecule has 250 valence electrons. The number of nitrogens with one attached hydrogen (secondary N) is 6. The molecule has 5 amide bonds. The lowest BCUT2D eigenvalue weighted by molar-refractivity contribution is -0.142. The van der Waals surface area contributed by atoms with Gasteiger partial charge in [0.1, 0.15) is 30.2 Å². The Morgan fingerprint density at radius 2 is 1.61 bits per heavy atom. The molecular formula is C33H46N6O7. The van der Waals surface area contributed by atoms with Gasteiger partial charge in [-0.15, -0.1) is 0 Å². The van der Waals surface area contributed by atoms with E-state index in [9.17, 15) is 33.9 Å². The van der Waals surface area contributed by atoms with Crippen molar-refractivity contribution in [3.05, 3.63) is 35.5 Å². The first-order valence-electron chi connectivity index (χ1n) is 16.0. The zero-order valence-electron chi connectivity index (χ0n) is 27.2. The van der Waals surface area contributed by atoms with E-state index in [4.69, 9.17) is 0 Å². The largest absolute Gasteiger partial charge is 0.480 e. The van der Waals surface area contributed by atoms with E-state index in [-0.39, 0.29) is 37.0 Å². The topological polar surface area (TPSA) is 199 Å². The second-order valence-electron chi connectivity index (χ2n) is 13.6. The van der Waals surface area contributed by atoms with Crippen molar-refractivity contribution in [2.45, 2.75) is 103 Å². The predicted molar refractivity (Wildman–Crippen MR) is 170 cm³/mol. The zero-order valence-corrected chi connectivity index (χ0v) is 27.2. The number of carboxylic acid groups (broad SMARTS) is 1. The highest BCUT2D eigenvalue weighted by Crippen LogP contribution is 2.32. The number of aromatic nitrogens is 1. The lowest BCUT2D eigenvalue weighted by Crippen LogP contribution is -2.60. The van der Waals surface area contributed by atoms with Crippen LogP contribution in [0.15, 0.2) is 24.4 Å². The number of aliphatic carboxylic acids is 1. The summed E-state index contributed by atoms with van der Waals surface area (Å²) in [5.41, 5.74) is 2.10. The van der Waals surface area contributed by atoms with Crippen LogP contribution in [0.5, 0.6) is 0 Å². The minimum Gasteiger partial charge on any atom is -0.480 e. The molecule has 2 aromatic rings. The lowest BCUT2D eigenvalue weighted by atomic mass is 9.81. The number of fused-ring (bicyclic) bond motifs is 12. The molecule has 0 unspecified atom stereocenters. The Kier molecular flexibility index (Phi) is 10.7. The van der Waals surface area contributed by atoms with Crippen LogP contribution in [0.2, 0.25) is 0 Å². The normalized spacial score (nSPS) is 26.3. The maximum Gasteiger partial charge on any atom is 0.326 e. The molecule has 1 aromatic carbocycles. The quantitative estimate of drug-likeness (QED) is 0.223. The minimum absolute atomic E-state index is 0.00536. The summed E-state index contributed by atoms with van der Waals surface area (Å²) < 4.78 is 0. The van der Waals surface area contributed by atoms with Crippen molar-refractivity contribution in [1.82, 2.24) is 31.6 Å². The third-order valence-electron chi connectivity index (χ3n) is 8.77. The summed E-state index contributed by atoms with van der Waals surface area (Å²) in [6, 6.07) is 0.252. The number of amides is 5. The SMILES string of the molecule is CC(C)C[C@@H]1NC(=O)[C@@H](NC(=O)[C@@H]2CCC(=O)N2)[C@H](C(C)C)c2ccc3c(c[nH]c3c2)C[C@@H](C(=O)O)NC(=O)[C@H](C(C)C)NC1=O. The molecule has 0 spiro atoms. The van der Waals surface area contributed by atoms with Crippen LogP contribution in [0, 0.1) is 17.8 Å². The van der Waals surface area contributed by atoms with Crippen LogP contribution < -0.4 is 26.6 Å². The summed E-state index contributed by atoms with van der Waals surface area (Å²) in [4.78, 5) is 82.2. The fourth-order valence-electron chi connectivity index (χ4n) is 6.36.